The summed E-state index contributed by atoms with van der Waals surface area (Å²) in [5.41, 5.74) is -0.991. The summed E-state index contributed by atoms with van der Waals surface area (Å²) in [4.78, 5) is 11.0. The van der Waals surface area contributed by atoms with Gasteiger partial charge in [0.2, 0.25) is 10.4 Å². The molecule has 0 rings (SSSR count). The normalized spacial score (nSPS) is 11.6. The van der Waals surface area contributed by atoms with Crippen molar-refractivity contribution in [2.75, 3.05) is 19.8 Å². The fourth-order valence-electron chi connectivity index (χ4n) is 0.935. The maximum atomic E-state index is 11.0. The van der Waals surface area contributed by atoms with Gasteiger partial charge in [-0.15, -0.1) is 0 Å². The van der Waals surface area contributed by atoms with E-state index < -0.39 is 22.0 Å². The zero-order valence-corrected chi connectivity index (χ0v) is 12.4. The molecule has 4 N–H and O–H groups in total. The van der Waals surface area contributed by atoms with E-state index in [0.717, 1.165) is 0 Å². The molecule has 0 unspecified atom stereocenters. The highest BCUT2D eigenvalue weighted by Crippen LogP contribution is 2.12. The van der Waals surface area contributed by atoms with Crippen LogP contribution in [0.1, 0.15) is 20.8 Å². The molecule has 0 aliphatic heterocycles. The fourth-order valence-corrected chi connectivity index (χ4v) is 1.54. The van der Waals surface area contributed by atoms with Crippen LogP contribution in [0.15, 0.2) is 12.2 Å². The smallest absolute Gasteiger partial charge is 0.333 e. The molecule has 114 valence electrons. The summed E-state index contributed by atoms with van der Waals surface area (Å²) in [5.74, 6) is -0.531. The summed E-state index contributed by atoms with van der Waals surface area (Å²) in [6.07, 6.45) is 0. The Bertz CT molecular complexity index is 402. The summed E-state index contributed by atoms with van der Waals surface area (Å²) in [5, 5.41) is 0. The lowest BCUT2D eigenvalue weighted by molar-refractivity contribution is -0.140. The predicted molar refractivity (Wildman–Crippen MR) is 67.4 cm³/mol. The number of hydrogen-bond acceptors (Lipinski definition) is 7. The second-order valence-corrected chi connectivity index (χ2v) is 5.20. The minimum Gasteiger partial charge on any atom is -0.726 e. The topological polar surface area (TPSA) is 138 Å². The molecule has 0 saturated heterocycles. The van der Waals surface area contributed by atoms with Crippen LogP contribution in [0.3, 0.4) is 0 Å². The van der Waals surface area contributed by atoms with Gasteiger partial charge in [0.25, 0.3) is 0 Å². The van der Waals surface area contributed by atoms with Crippen LogP contribution in [0.4, 0.5) is 0 Å². The van der Waals surface area contributed by atoms with Crippen molar-refractivity contribution < 1.29 is 31.4 Å². The highest BCUT2D eigenvalue weighted by atomic mass is 32.3. The number of ether oxygens (including phenoxy) is 2. The summed E-state index contributed by atoms with van der Waals surface area (Å²) in [7, 11) is -4.78. The van der Waals surface area contributed by atoms with Crippen molar-refractivity contribution in [1.29, 1.82) is 0 Å². The SMILES string of the molecule is C=C(C)C(=O)OCCOCC(C)(C)OS(=O)(=O)[O-].[NH4+]. The van der Waals surface area contributed by atoms with Crippen molar-refractivity contribution in [1.82, 2.24) is 6.15 Å². The lowest BCUT2D eigenvalue weighted by Crippen LogP contribution is -2.33. The molecule has 0 saturated carbocycles. The Balaban J connectivity index is 0. The first-order valence-corrected chi connectivity index (χ1v) is 6.44. The van der Waals surface area contributed by atoms with Gasteiger partial charge in [-0.05, 0) is 20.8 Å². The summed E-state index contributed by atoms with van der Waals surface area (Å²) < 4.78 is 45.2. The van der Waals surface area contributed by atoms with Crippen LogP contribution in [0.25, 0.3) is 0 Å². The van der Waals surface area contributed by atoms with Crippen molar-refractivity contribution in [3.63, 3.8) is 0 Å². The molecular formula is C10H21NO7S. The Morgan fingerprint density at radius 1 is 1.32 bits per heavy atom. The van der Waals surface area contributed by atoms with Crippen molar-refractivity contribution in [2.45, 2.75) is 26.4 Å². The minimum absolute atomic E-state index is 0. The molecule has 0 aromatic rings. The first-order valence-electron chi connectivity index (χ1n) is 5.10. The average molecular weight is 299 g/mol. The van der Waals surface area contributed by atoms with Gasteiger partial charge in [-0.25, -0.2) is 13.2 Å². The van der Waals surface area contributed by atoms with Gasteiger partial charge in [0, 0.05) is 5.57 Å². The average Bonchev–Trinajstić information content (AvgIpc) is 2.12. The Morgan fingerprint density at radius 2 is 1.84 bits per heavy atom. The number of quaternary nitrogens is 1. The Labute approximate surface area is 113 Å². The molecule has 0 aliphatic carbocycles. The monoisotopic (exact) mass is 299 g/mol. The van der Waals surface area contributed by atoms with Crippen LogP contribution in [-0.2, 0) is 28.9 Å². The van der Waals surface area contributed by atoms with E-state index in [9.17, 15) is 17.8 Å². The van der Waals surface area contributed by atoms with Gasteiger partial charge < -0.3 is 20.2 Å². The van der Waals surface area contributed by atoms with E-state index in [-0.39, 0.29) is 31.5 Å². The Morgan fingerprint density at radius 3 is 2.26 bits per heavy atom. The Hall–Kier alpha value is -1.00. The number of carbonyl (C=O) groups excluding carboxylic acids is 1. The third-order valence-corrected chi connectivity index (χ3v) is 2.24. The molecule has 0 aliphatic rings. The van der Waals surface area contributed by atoms with Crippen molar-refractivity contribution in [3.05, 3.63) is 12.2 Å². The molecule has 19 heavy (non-hydrogen) atoms. The van der Waals surface area contributed by atoms with Gasteiger partial charge in [-0.1, -0.05) is 6.58 Å². The van der Waals surface area contributed by atoms with Crippen LogP contribution in [-0.4, -0.2) is 44.4 Å². The van der Waals surface area contributed by atoms with Gasteiger partial charge in [0.1, 0.15) is 12.2 Å². The van der Waals surface area contributed by atoms with Crippen LogP contribution in [0.5, 0.6) is 0 Å². The largest absolute Gasteiger partial charge is 0.726 e. The second kappa shape index (κ2) is 8.23. The molecule has 0 fully saturated rings. The van der Waals surface area contributed by atoms with Crippen LogP contribution in [0.2, 0.25) is 0 Å². The number of carbonyl (C=O) groups is 1. The number of rotatable bonds is 8. The third-order valence-electron chi connectivity index (χ3n) is 1.59. The molecule has 9 heteroatoms. The standard InChI is InChI=1S/C10H18O7S.H3N/c1-8(2)9(11)16-6-5-15-7-10(3,4)17-18(12,13)14;/h1,5-7H2,2-4H3,(H,12,13,14);1H3. The first kappa shape index (κ1) is 20.3. The lowest BCUT2D eigenvalue weighted by atomic mass is 10.2. The van der Waals surface area contributed by atoms with E-state index in [0.29, 0.717) is 0 Å². The van der Waals surface area contributed by atoms with Gasteiger partial charge in [-0.2, -0.15) is 0 Å². The molecule has 0 heterocycles. The zero-order valence-electron chi connectivity index (χ0n) is 11.6. The first-order chi connectivity index (χ1) is 8.03. The van der Waals surface area contributed by atoms with E-state index >= 15 is 0 Å². The predicted octanol–water partition coefficient (Wildman–Crippen LogP) is 0.754. The van der Waals surface area contributed by atoms with Crippen LogP contribution in [0, 0.1) is 0 Å². The molecule has 0 amide bonds. The zero-order chi connectivity index (χ0) is 14.4. The van der Waals surface area contributed by atoms with E-state index in [2.05, 4.69) is 10.8 Å². The van der Waals surface area contributed by atoms with Crippen molar-refractivity contribution in [2.24, 2.45) is 0 Å². The summed E-state index contributed by atoms with van der Waals surface area (Å²) in [6, 6.07) is 0. The van der Waals surface area contributed by atoms with Gasteiger partial charge in [-0.3, -0.25) is 4.18 Å². The van der Waals surface area contributed by atoms with E-state index in [1.807, 2.05) is 0 Å². The maximum Gasteiger partial charge on any atom is 0.333 e. The third kappa shape index (κ3) is 11.8. The fraction of sp³-hybridized carbons (Fsp3) is 0.700. The second-order valence-electron chi connectivity index (χ2n) is 4.22. The molecular weight excluding hydrogens is 278 g/mol. The molecule has 0 spiro atoms. The molecule has 0 aromatic carbocycles. The maximum absolute atomic E-state index is 11.0. The summed E-state index contributed by atoms with van der Waals surface area (Å²) in [6.45, 7) is 7.63. The molecule has 0 aromatic heterocycles. The van der Waals surface area contributed by atoms with Crippen molar-refractivity contribution in [3.8, 4) is 0 Å². The molecule has 0 radical (unpaired) electrons. The number of hydrogen-bond donors (Lipinski definition) is 1. The quantitative estimate of drug-likeness (QED) is 0.229. The van der Waals surface area contributed by atoms with E-state index in [4.69, 9.17) is 9.47 Å². The van der Waals surface area contributed by atoms with Gasteiger partial charge in [0.05, 0.1) is 13.2 Å². The highest BCUT2D eigenvalue weighted by Gasteiger charge is 2.22. The van der Waals surface area contributed by atoms with Gasteiger partial charge >= 0.3 is 5.97 Å². The molecule has 0 bridgehead atoms. The molecule has 8 nitrogen and oxygen atoms in total. The van der Waals surface area contributed by atoms with E-state index in [1.54, 1.807) is 0 Å². The minimum atomic E-state index is -4.78. The van der Waals surface area contributed by atoms with Crippen LogP contribution < -0.4 is 6.15 Å². The van der Waals surface area contributed by atoms with Gasteiger partial charge in [0.15, 0.2) is 0 Å². The molecule has 0 atom stereocenters. The van der Waals surface area contributed by atoms with Crippen molar-refractivity contribution >= 4 is 16.4 Å². The van der Waals surface area contributed by atoms with Crippen LogP contribution >= 0.6 is 0 Å². The Kier molecular flexibility index (Phi) is 8.80. The summed E-state index contributed by atoms with van der Waals surface area (Å²) >= 11 is 0. The lowest BCUT2D eigenvalue weighted by Gasteiger charge is -2.25. The number of esters is 1. The highest BCUT2D eigenvalue weighted by molar-refractivity contribution is 7.80. The van der Waals surface area contributed by atoms with E-state index in [1.165, 1.54) is 20.8 Å².